The number of nitrogens with zero attached hydrogens (tertiary/aromatic N) is 3. The summed E-state index contributed by atoms with van der Waals surface area (Å²) in [6, 6.07) is 15.9. The SMILES string of the molecule is CN(Cc1ccc2c(c1)OCCO2)C(=O)CSc1nnc(NCc2ccccc2)s1. The molecule has 0 fully saturated rings. The minimum Gasteiger partial charge on any atom is -0.486 e. The molecule has 1 aliphatic rings. The van der Waals surface area contributed by atoms with Crippen molar-refractivity contribution in [3.63, 3.8) is 0 Å². The molecule has 2 aromatic carbocycles. The number of fused-ring (bicyclic) bond motifs is 1. The van der Waals surface area contributed by atoms with Crippen LogP contribution in [0, 0.1) is 0 Å². The highest BCUT2D eigenvalue weighted by Crippen LogP contribution is 2.31. The molecule has 30 heavy (non-hydrogen) atoms. The molecule has 0 bridgehead atoms. The summed E-state index contributed by atoms with van der Waals surface area (Å²) in [6.45, 7) is 2.32. The lowest BCUT2D eigenvalue weighted by molar-refractivity contribution is -0.127. The first-order valence-electron chi connectivity index (χ1n) is 9.54. The van der Waals surface area contributed by atoms with Crippen LogP contribution in [0.15, 0.2) is 52.9 Å². The van der Waals surface area contributed by atoms with Crippen molar-refractivity contribution < 1.29 is 14.3 Å². The minimum atomic E-state index is 0.0314. The molecule has 3 aromatic rings. The molecule has 7 nitrogen and oxygen atoms in total. The van der Waals surface area contributed by atoms with E-state index in [0.29, 0.717) is 32.1 Å². The summed E-state index contributed by atoms with van der Waals surface area (Å²) in [4.78, 5) is 14.2. The summed E-state index contributed by atoms with van der Waals surface area (Å²) < 4.78 is 11.9. The molecular weight excluding hydrogens is 420 g/mol. The molecule has 0 aliphatic carbocycles. The normalized spacial score (nSPS) is 12.4. The van der Waals surface area contributed by atoms with Gasteiger partial charge in [-0.25, -0.2) is 0 Å². The van der Waals surface area contributed by atoms with E-state index in [2.05, 4.69) is 27.6 Å². The van der Waals surface area contributed by atoms with E-state index >= 15 is 0 Å². The smallest absolute Gasteiger partial charge is 0.233 e. The largest absolute Gasteiger partial charge is 0.486 e. The molecule has 0 atom stereocenters. The number of carbonyl (C=O) groups is 1. The van der Waals surface area contributed by atoms with Crippen molar-refractivity contribution in [2.75, 3.05) is 31.3 Å². The summed E-state index contributed by atoms with van der Waals surface area (Å²) in [5, 5.41) is 12.3. The molecule has 0 saturated heterocycles. The number of amides is 1. The summed E-state index contributed by atoms with van der Waals surface area (Å²) in [7, 11) is 1.80. The third kappa shape index (κ3) is 5.43. The fraction of sp³-hybridized carbons (Fsp3) is 0.286. The van der Waals surface area contributed by atoms with Crippen LogP contribution in [-0.2, 0) is 17.9 Å². The van der Waals surface area contributed by atoms with E-state index in [1.165, 1.54) is 28.7 Å². The topological polar surface area (TPSA) is 76.6 Å². The summed E-state index contributed by atoms with van der Waals surface area (Å²) in [5.41, 5.74) is 2.18. The number of hydrogen-bond acceptors (Lipinski definition) is 8. The van der Waals surface area contributed by atoms with Crippen LogP contribution in [0.1, 0.15) is 11.1 Å². The molecular formula is C21H22N4O3S2. The third-order valence-electron chi connectivity index (χ3n) is 4.46. The van der Waals surface area contributed by atoms with Gasteiger partial charge in [-0.1, -0.05) is 59.5 Å². The fourth-order valence-electron chi connectivity index (χ4n) is 2.89. The van der Waals surface area contributed by atoms with Crippen molar-refractivity contribution in [3.8, 4) is 11.5 Å². The molecule has 9 heteroatoms. The molecule has 4 rings (SSSR count). The first-order valence-corrected chi connectivity index (χ1v) is 11.3. The van der Waals surface area contributed by atoms with Gasteiger partial charge in [0.25, 0.3) is 0 Å². The van der Waals surface area contributed by atoms with Gasteiger partial charge in [-0.05, 0) is 23.3 Å². The molecule has 0 radical (unpaired) electrons. The van der Waals surface area contributed by atoms with E-state index in [-0.39, 0.29) is 5.91 Å². The molecule has 1 aromatic heterocycles. The highest BCUT2D eigenvalue weighted by molar-refractivity contribution is 8.01. The second-order valence-corrected chi connectivity index (χ2v) is 8.93. The molecule has 0 spiro atoms. The van der Waals surface area contributed by atoms with E-state index in [1.807, 2.05) is 36.4 Å². The molecule has 0 unspecified atom stereocenters. The maximum absolute atomic E-state index is 12.5. The van der Waals surface area contributed by atoms with Crippen LogP contribution in [0.3, 0.4) is 0 Å². The van der Waals surface area contributed by atoms with Crippen LogP contribution >= 0.6 is 23.1 Å². The molecule has 1 N–H and O–H groups in total. The van der Waals surface area contributed by atoms with Gasteiger partial charge >= 0.3 is 0 Å². The first-order chi connectivity index (χ1) is 14.7. The van der Waals surface area contributed by atoms with Crippen molar-refractivity contribution >= 4 is 34.1 Å². The van der Waals surface area contributed by atoms with Gasteiger partial charge in [-0.3, -0.25) is 4.79 Å². The Kier molecular flexibility index (Phi) is 6.70. The second-order valence-electron chi connectivity index (χ2n) is 6.73. The van der Waals surface area contributed by atoms with Gasteiger partial charge in [0.2, 0.25) is 11.0 Å². The Hall–Kier alpha value is -2.78. The standard InChI is InChI=1S/C21H22N4O3S2/c1-25(13-16-7-8-17-18(11-16)28-10-9-27-17)19(26)14-29-21-24-23-20(30-21)22-12-15-5-3-2-4-6-15/h2-8,11H,9-10,12-14H2,1H3,(H,22,23). The van der Waals surface area contributed by atoms with Gasteiger partial charge in [0, 0.05) is 20.1 Å². The monoisotopic (exact) mass is 442 g/mol. The third-order valence-corrected chi connectivity index (χ3v) is 6.46. The van der Waals surface area contributed by atoms with Crippen molar-refractivity contribution in [1.82, 2.24) is 15.1 Å². The molecule has 0 saturated carbocycles. The molecule has 156 valence electrons. The Bertz CT molecular complexity index is 997. The zero-order valence-electron chi connectivity index (χ0n) is 16.5. The first kappa shape index (κ1) is 20.5. The van der Waals surface area contributed by atoms with Gasteiger partial charge in [0.15, 0.2) is 15.8 Å². The zero-order valence-corrected chi connectivity index (χ0v) is 18.2. The van der Waals surface area contributed by atoms with E-state index in [1.54, 1.807) is 11.9 Å². The Balaban J connectivity index is 1.24. The van der Waals surface area contributed by atoms with E-state index in [0.717, 1.165) is 26.5 Å². The van der Waals surface area contributed by atoms with Crippen LogP contribution in [0.25, 0.3) is 0 Å². The number of rotatable bonds is 8. The number of aromatic nitrogens is 2. The molecule has 1 amide bonds. The highest BCUT2D eigenvalue weighted by Gasteiger charge is 2.15. The molecule has 1 aliphatic heterocycles. The van der Waals surface area contributed by atoms with E-state index in [9.17, 15) is 4.79 Å². The lowest BCUT2D eigenvalue weighted by Gasteiger charge is -2.21. The lowest BCUT2D eigenvalue weighted by Crippen LogP contribution is -2.27. The van der Waals surface area contributed by atoms with E-state index < -0.39 is 0 Å². The maximum atomic E-state index is 12.5. The van der Waals surface area contributed by atoms with Crippen molar-refractivity contribution in [1.29, 1.82) is 0 Å². The average molecular weight is 443 g/mol. The number of thioether (sulfide) groups is 1. The molecule has 2 heterocycles. The van der Waals surface area contributed by atoms with Crippen LogP contribution in [0.2, 0.25) is 0 Å². The number of anilines is 1. The van der Waals surface area contributed by atoms with Crippen LogP contribution < -0.4 is 14.8 Å². The Morgan fingerprint density at radius 1 is 1.10 bits per heavy atom. The Morgan fingerprint density at radius 2 is 1.90 bits per heavy atom. The number of ether oxygens (including phenoxy) is 2. The fourth-order valence-corrected chi connectivity index (χ4v) is 4.58. The Morgan fingerprint density at radius 3 is 2.73 bits per heavy atom. The van der Waals surface area contributed by atoms with Gasteiger partial charge < -0.3 is 19.7 Å². The quantitative estimate of drug-likeness (QED) is 0.534. The maximum Gasteiger partial charge on any atom is 0.233 e. The summed E-state index contributed by atoms with van der Waals surface area (Å²) in [5.74, 6) is 1.83. The van der Waals surface area contributed by atoms with Crippen LogP contribution in [-0.4, -0.2) is 47.0 Å². The van der Waals surface area contributed by atoms with Gasteiger partial charge in [-0.2, -0.15) is 0 Å². The number of hydrogen-bond donors (Lipinski definition) is 1. The van der Waals surface area contributed by atoms with Crippen molar-refractivity contribution in [2.24, 2.45) is 0 Å². The summed E-state index contributed by atoms with van der Waals surface area (Å²) >= 11 is 2.86. The zero-order chi connectivity index (χ0) is 20.8. The minimum absolute atomic E-state index is 0.0314. The van der Waals surface area contributed by atoms with Crippen molar-refractivity contribution in [3.05, 3.63) is 59.7 Å². The van der Waals surface area contributed by atoms with Gasteiger partial charge in [-0.15, -0.1) is 10.2 Å². The predicted molar refractivity (Wildman–Crippen MR) is 118 cm³/mol. The predicted octanol–water partition coefficient (Wildman–Crippen LogP) is 3.67. The average Bonchev–Trinajstić information content (AvgIpc) is 3.24. The summed E-state index contributed by atoms with van der Waals surface area (Å²) in [6.07, 6.45) is 0. The highest BCUT2D eigenvalue weighted by atomic mass is 32.2. The number of carbonyl (C=O) groups excluding carboxylic acids is 1. The van der Waals surface area contributed by atoms with Gasteiger partial charge in [0.05, 0.1) is 5.75 Å². The van der Waals surface area contributed by atoms with Crippen molar-refractivity contribution in [2.45, 2.75) is 17.4 Å². The van der Waals surface area contributed by atoms with E-state index in [4.69, 9.17) is 9.47 Å². The van der Waals surface area contributed by atoms with Crippen LogP contribution in [0.4, 0.5) is 5.13 Å². The Labute approximate surface area is 183 Å². The van der Waals surface area contributed by atoms with Crippen LogP contribution in [0.5, 0.6) is 11.5 Å². The second kappa shape index (κ2) is 9.82. The number of benzene rings is 2. The number of nitrogens with one attached hydrogen (secondary N) is 1. The lowest BCUT2D eigenvalue weighted by atomic mass is 10.2. The van der Waals surface area contributed by atoms with Gasteiger partial charge in [0.1, 0.15) is 13.2 Å².